The van der Waals surface area contributed by atoms with Gasteiger partial charge in [-0.2, -0.15) is 0 Å². The van der Waals surface area contributed by atoms with E-state index in [1.807, 2.05) is 0 Å². The molecule has 0 N–H and O–H groups in total. The zero-order valence-electron chi connectivity index (χ0n) is 42.4. The van der Waals surface area contributed by atoms with Gasteiger partial charge >= 0.3 is 0 Å². The van der Waals surface area contributed by atoms with Crippen LogP contribution in [0.4, 0.5) is 0 Å². The van der Waals surface area contributed by atoms with E-state index in [0.29, 0.717) is 0 Å². The molecular formula is C60H108OSi. The standard InChI is InChI=1S/C60H108OSi/c1-4-7-10-13-16-19-22-25-28-31-34-37-40-46-55-62(60-53-51-59(52-54-60)61-58-49-44-43-45-50-58,56-47-41-38-35-32-29-26-23-20-17-14-11-8-5-2)57-48-42-39-36-33-30-27-24-21-18-15-12-9-6-3/h43-45,49-54H,4-42,46-48,55-57H2,1-3H3. The predicted octanol–water partition coefficient (Wildman–Crippen LogP) is 21.6. The van der Waals surface area contributed by atoms with Crippen LogP contribution in [0, 0.1) is 0 Å². The third-order valence-electron chi connectivity index (χ3n) is 14.5. The van der Waals surface area contributed by atoms with Gasteiger partial charge in [0.15, 0.2) is 0 Å². The summed E-state index contributed by atoms with van der Waals surface area (Å²) in [7, 11) is -1.65. The molecule has 358 valence electrons. The van der Waals surface area contributed by atoms with Gasteiger partial charge in [-0.25, -0.2) is 0 Å². The van der Waals surface area contributed by atoms with Gasteiger partial charge in [-0.3, -0.25) is 0 Å². The van der Waals surface area contributed by atoms with Crippen LogP contribution in [0.1, 0.15) is 290 Å². The van der Waals surface area contributed by atoms with E-state index in [1.165, 1.54) is 288 Å². The summed E-state index contributed by atoms with van der Waals surface area (Å²) >= 11 is 0. The van der Waals surface area contributed by atoms with Gasteiger partial charge in [0.05, 0.1) is 8.07 Å². The highest BCUT2D eigenvalue weighted by Crippen LogP contribution is 2.32. The van der Waals surface area contributed by atoms with Crippen molar-refractivity contribution in [2.45, 2.75) is 309 Å². The molecule has 0 aromatic heterocycles. The van der Waals surface area contributed by atoms with Gasteiger partial charge in [0.2, 0.25) is 0 Å². The lowest BCUT2D eigenvalue weighted by molar-refractivity contribution is 0.483. The number of hydrogen-bond donors (Lipinski definition) is 0. The molecule has 2 aromatic carbocycles. The topological polar surface area (TPSA) is 9.23 Å². The molecule has 0 saturated carbocycles. The minimum atomic E-state index is -1.65. The van der Waals surface area contributed by atoms with Crippen molar-refractivity contribution in [3.63, 3.8) is 0 Å². The quantitative estimate of drug-likeness (QED) is 0.0475. The molecule has 2 rings (SSSR count). The Labute approximate surface area is 391 Å². The summed E-state index contributed by atoms with van der Waals surface area (Å²) in [5, 5.41) is 1.73. The first-order valence-electron chi connectivity index (χ1n) is 28.6. The van der Waals surface area contributed by atoms with Crippen molar-refractivity contribution in [2.75, 3.05) is 0 Å². The average molecular weight is 874 g/mol. The highest BCUT2D eigenvalue weighted by atomic mass is 28.3. The van der Waals surface area contributed by atoms with Gasteiger partial charge < -0.3 is 4.74 Å². The highest BCUT2D eigenvalue weighted by molar-refractivity contribution is 6.91. The van der Waals surface area contributed by atoms with Crippen molar-refractivity contribution < 1.29 is 4.74 Å². The van der Waals surface area contributed by atoms with Crippen molar-refractivity contribution in [2.24, 2.45) is 0 Å². The van der Waals surface area contributed by atoms with Crippen LogP contribution in [-0.4, -0.2) is 8.07 Å². The molecule has 0 aliphatic carbocycles. The Bertz CT molecular complexity index is 1080. The van der Waals surface area contributed by atoms with Gasteiger partial charge in [0.1, 0.15) is 11.5 Å². The lowest BCUT2D eigenvalue weighted by Crippen LogP contribution is -2.47. The third kappa shape index (κ3) is 32.2. The number of rotatable bonds is 48. The van der Waals surface area contributed by atoms with Crippen LogP contribution >= 0.6 is 0 Å². The molecule has 2 heteroatoms. The monoisotopic (exact) mass is 873 g/mol. The smallest absolute Gasteiger partial charge is 0.127 e. The Kier molecular flexibility index (Phi) is 39.6. The summed E-state index contributed by atoms with van der Waals surface area (Å²) < 4.78 is 6.32. The highest BCUT2D eigenvalue weighted by Gasteiger charge is 2.33. The van der Waals surface area contributed by atoms with Crippen molar-refractivity contribution in [1.29, 1.82) is 0 Å². The first kappa shape index (κ1) is 56.6. The Morgan fingerprint density at radius 3 is 0.742 bits per heavy atom. The minimum Gasteiger partial charge on any atom is -0.457 e. The van der Waals surface area contributed by atoms with Crippen LogP contribution in [0.25, 0.3) is 0 Å². The Hall–Kier alpha value is -1.54. The van der Waals surface area contributed by atoms with E-state index in [1.54, 1.807) is 5.19 Å². The lowest BCUT2D eigenvalue weighted by Gasteiger charge is -2.33. The third-order valence-corrected chi connectivity index (χ3v) is 20.0. The molecule has 0 radical (unpaired) electrons. The van der Waals surface area contributed by atoms with E-state index in [4.69, 9.17) is 4.74 Å². The molecule has 0 spiro atoms. The number of benzene rings is 2. The molecule has 0 atom stereocenters. The molecule has 2 aromatic rings. The number of para-hydroxylation sites is 1. The minimum absolute atomic E-state index is 0.941. The van der Waals surface area contributed by atoms with Crippen LogP contribution in [-0.2, 0) is 0 Å². The summed E-state index contributed by atoms with van der Waals surface area (Å²) in [6.07, 6.45) is 60.8. The zero-order valence-corrected chi connectivity index (χ0v) is 43.4. The summed E-state index contributed by atoms with van der Waals surface area (Å²) in [5.41, 5.74) is 0. The number of unbranched alkanes of at least 4 members (excludes halogenated alkanes) is 39. The summed E-state index contributed by atoms with van der Waals surface area (Å²) in [4.78, 5) is 0. The van der Waals surface area contributed by atoms with E-state index in [2.05, 4.69) is 75.4 Å². The predicted molar refractivity (Wildman–Crippen MR) is 284 cm³/mol. The van der Waals surface area contributed by atoms with Crippen molar-refractivity contribution in [3.8, 4) is 11.5 Å². The molecule has 0 unspecified atom stereocenters. The van der Waals surface area contributed by atoms with Crippen molar-refractivity contribution in [1.82, 2.24) is 0 Å². The fourth-order valence-corrected chi connectivity index (χ4v) is 15.6. The fraction of sp³-hybridized carbons (Fsp3) is 0.800. The van der Waals surface area contributed by atoms with Crippen LogP contribution < -0.4 is 9.92 Å². The van der Waals surface area contributed by atoms with Gasteiger partial charge in [-0.1, -0.05) is 344 Å². The molecule has 0 saturated heterocycles. The molecule has 0 amide bonds. The van der Waals surface area contributed by atoms with Gasteiger partial charge in [0, 0.05) is 0 Å². The maximum absolute atomic E-state index is 6.32. The second kappa shape index (κ2) is 43.4. The molecule has 0 heterocycles. The maximum atomic E-state index is 6.32. The van der Waals surface area contributed by atoms with E-state index >= 15 is 0 Å². The first-order valence-corrected chi connectivity index (χ1v) is 31.2. The van der Waals surface area contributed by atoms with Crippen molar-refractivity contribution in [3.05, 3.63) is 54.6 Å². The molecule has 0 bridgehead atoms. The SMILES string of the molecule is CCCCCCCCCCCCCCCC[Si](CCCCCCCCCCCCCCCC)(CCCCCCCCCCCCCCCC)c1ccc(Oc2ccccc2)cc1. The van der Waals surface area contributed by atoms with E-state index in [-0.39, 0.29) is 0 Å². The molecule has 0 fully saturated rings. The Morgan fingerprint density at radius 2 is 0.484 bits per heavy atom. The molecule has 0 aliphatic heterocycles. The summed E-state index contributed by atoms with van der Waals surface area (Å²) in [5.74, 6) is 1.93. The van der Waals surface area contributed by atoms with Crippen LogP contribution in [0.2, 0.25) is 18.1 Å². The second-order valence-electron chi connectivity index (χ2n) is 20.3. The first-order chi connectivity index (χ1) is 30.7. The van der Waals surface area contributed by atoms with E-state index in [0.717, 1.165) is 11.5 Å². The van der Waals surface area contributed by atoms with Crippen molar-refractivity contribution >= 4 is 13.3 Å². The lowest BCUT2D eigenvalue weighted by atomic mass is 10.0. The molecule has 62 heavy (non-hydrogen) atoms. The second-order valence-corrected chi connectivity index (χ2v) is 24.9. The number of hydrogen-bond acceptors (Lipinski definition) is 1. The normalized spacial score (nSPS) is 11.8. The van der Waals surface area contributed by atoms with Gasteiger partial charge in [-0.05, 0) is 24.3 Å². The van der Waals surface area contributed by atoms with Crippen LogP contribution in [0.15, 0.2) is 54.6 Å². The molecule has 0 aliphatic rings. The van der Waals surface area contributed by atoms with Gasteiger partial charge in [-0.15, -0.1) is 0 Å². The molecular weight excluding hydrogens is 765 g/mol. The average Bonchev–Trinajstić information content (AvgIpc) is 3.29. The van der Waals surface area contributed by atoms with E-state index in [9.17, 15) is 0 Å². The number of ether oxygens (including phenoxy) is 1. The Morgan fingerprint density at radius 1 is 0.258 bits per heavy atom. The van der Waals surface area contributed by atoms with Crippen LogP contribution in [0.3, 0.4) is 0 Å². The zero-order chi connectivity index (χ0) is 44.1. The maximum Gasteiger partial charge on any atom is 0.127 e. The van der Waals surface area contributed by atoms with Gasteiger partial charge in [0.25, 0.3) is 0 Å². The Balaban J connectivity index is 1.91. The largest absolute Gasteiger partial charge is 0.457 e. The summed E-state index contributed by atoms with van der Waals surface area (Å²) in [6, 6.07) is 24.6. The fourth-order valence-electron chi connectivity index (χ4n) is 10.3. The van der Waals surface area contributed by atoms with Crippen LogP contribution in [0.5, 0.6) is 11.5 Å². The summed E-state index contributed by atoms with van der Waals surface area (Å²) in [6.45, 7) is 6.97. The van der Waals surface area contributed by atoms with E-state index < -0.39 is 8.07 Å². The molecule has 1 nitrogen and oxygen atoms in total.